The Morgan fingerprint density at radius 1 is 1.12 bits per heavy atom. The summed E-state index contributed by atoms with van der Waals surface area (Å²) in [6, 6.07) is 13.1. The lowest BCUT2D eigenvalue weighted by Crippen LogP contribution is -2.14. The van der Waals surface area contributed by atoms with E-state index in [9.17, 15) is 4.79 Å². The Morgan fingerprint density at radius 2 is 1.92 bits per heavy atom. The van der Waals surface area contributed by atoms with Crippen LogP contribution in [0.15, 0.2) is 47.6 Å². The van der Waals surface area contributed by atoms with Crippen LogP contribution in [0.5, 0.6) is 0 Å². The summed E-state index contributed by atoms with van der Waals surface area (Å²) in [7, 11) is 0. The molecule has 1 aromatic heterocycles. The first-order chi connectivity index (χ1) is 12.4. The second kappa shape index (κ2) is 7.61. The van der Waals surface area contributed by atoms with Crippen LogP contribution >= 0.6 is 11.8 Å². The van der Waals surface area contributed by atoms with Crippen LogP contribution in [0.3, 0.4) is 0 Å². The maximum absolute atomic E-state index is 11.1. The molecule has 0 atom stereocenters. The number of carbonyl (C=O) groups is 1. The first-order valence-corrected chi connectivity index (χ1v) is 9.13. The van der Waals surface area contributed by atoms with Crippen LogP contribution < -0.4 is 5.84 Å². The lowest BCUT2D eigenvalue weighted by molar-refractivity contribution is 0.0697. The minimum absolute atomic E-state index is 0.271. The van der Waals surface area contributed by atoms with Crippen LogP contribution in [0, 0.1) is 13.8 Å². The first-order valence-electron chi connectivity index (χ1n) is 8.14. The van der Waals surface area contributed by atoms with Gasteiger partial charge in [0.25, 0.3) is 0 Å². The molecule has 2 aromatic carbocycles. The molecule has 0 aliphatic carbocycles. The number of aryl methyl sites for hydroxylation is 2. The molecular weight excluding hydrogens is 348 g/mol. The Morgan fingerprint density at radius 3 is 2.65 bits per heavy atom. The fraction of sp³-hybridized carbons (Fsp3) is 0.211. The zero-order valence-corrected chi connectivity index (χ0v) is 15.5. The van der Waals surface area contributed by atoms with E-state index in [0.717, 1.165) is 11.1 Å². The molecule has 0 unspecified atom stereocenters. The molecular formula is C19H20N4O2S. The van der Waals surface area contributed by atoms with Gasteiger partial charge in [0.1, 0.15) is 0 Å². The van der Waals surface area contributed by atoms with Gasteiger partial charge in [-0.05, 0) is 48.2 Å². The van der Waals surface area contributed by atoms with Gasteiger partial charge in [-0.25, -0.2) is 9.47 Å². The summed E-state index contributed by atoms with van der Waals surface area (Å²) >= 11 is 1.43. The number of nitrogen functional groups attached to an aromatic ring is 1. The largest absolute Gasteiger partial charge is 0.478 e. The van der Waals surface area contributed by atoms with Crippen LogP contribution in [0.25, 0.3) is 0 Å². The molecule has 3 aromatic rings. The van der Waals surface area contributed by atoms with E-state index in [0.29, 0.717) is 23.2 Å². The van der Waals surface area contributed by atoms with E-state index in [1.54, 1.807) is 18.2 Å². The summed E-state index contributed by atoms with van der Waals surface area (Å²) in [5.41, 5.74) is 4.79. The number of benzene rings is 2. The molecule has 7 heteroatoms. The summed E-state index contributed by atoms with van der Waals surface area (Å²) in [4.78, 5) is 11.1. The highest BCUT2D eigenvalue weighted by molar-refractivity contribution is 7.98. The van der Waals surface area contributed by atoms with E-state index in [-0.39, 0.29) is 5.56 Å². The van der Waals surface area contributed by atoms with Gasteiger partial charge in [-0.2, -0.15) is 0 Å². The quantitative estimate of drug-likeness (QED) is 0.513. The number of nitrogens with zero attached hydrogens (tertiary/aromatic N) is 3. The van der Waals surface area contributed by atoms with Crippen molar-refractivity contribution in [2.75, 3.05) is 5.84 Å². The molecule has 0 amide bonds. The molecule has 134 valence electrons. The molecule has 6 nitrogen and oxygen atoms in total. The highest BCUT2D eigenvalue weighted by atomic mass is 32.2. The number of hydrogen-bond donors (Lipinski definition) is 2. The van der Waals surface area contributed by atoms with Crippen LogP contribution in [0.4, 0.5) is 0 Å². The molecule has 0 fully saturated rings. The standard InChI is InChI=1S/C19H20N4O2S/c1-12-6-7-14(8-13(12)2)10-17-21-22-19(23(17)20)26-11-15-4-3-5-16(9-15)18(24)25/h3-9H,10-11,20H2,1-2H3,(H,24,25). The number of carboxylic acids is 1. The lowest BCUT2D eigenvalue weighted by atomic mass is 10.0. The van der Waals surface area contributed by atoms with Crippen molar-refractivity contribution in [1.29, 1.82) is 0 Å². The van der Waals surface area contributed by atoms with Crippen LogP contribution in [-0.4, -0.2) is 25.9 Å². The predicted octanol–water partition coefficient (Wildman–Crippen LogP) is 3.19. The molecule has 1 heterocycles. The highest BCUT2D eigenvalue weighted by Gasteiger charge is 2.12. The van der Waals surface area contributed by atoms with E-state index in [1.807, 2.05) is 6.07 Å². The zero-order valence-electron chi connectivity index (χ0n) is 14.6. The summed E-state index contributed by atoms with van der Waals surface area (Å²) in [5, 5.41) is 18.0. The zero-order chi connectivity index (χ0) is 18.7. The third kappa shape index (κ3) is 4.05. The summed E-state index contributed by atoms with van der Waals surface area (Å²) in [6.45, 7) is 4.16. The molecule has 0 aliphatic heterocycles. The molecule has 0 spiro atoms. The van der Waals surface area contributed by atoms with Crippen molar-refractivity contribution in [3.8, 4) is 0 Å². The normalized spacial score (nSPS) is 10.8. The van der Waals surface area contributed by atoms with Gasteiger partial charge in [0, 0.05) is 12.2 Å². The Bertz CT molecular complexity index is 952. The van der Waals surface area contributed by atoms with Crippen LogP contribution in [0.2, 0.25) is 0 Å². The van der Waals surface area contributed by atoms with Gasteiger partial charge in [0.2, 0.25) is 5.16 Å². The maximum atomic E-state index is 11.1. The highest BCUT2D eigenvalue weighted by Crippen LogP contribution is 2.22. The Hall–Kier alpha value is -2.80. The van der Waals surface area contributed by atoms with Crippen molar-refractivity contribution in [2.24, 2.45) is 0 Å². The molecule has 3 N–H and O–H groups in total. The molecule has 26 heavy (non-hydrogen) atoms. The molecule has 0 radical (unpaired) electrons. The lowest BCUT2D eigenvalue weighted by Gasteiger charge is -2.06. The van der Waals surface area contributed by atoms with Crippen molar-refractivity contribution >= 4 is 17.7 Å². The Kier molecular flexibility index (Phi) is 5.27. The second-order valence-electron chi connectivity index (χ2n) is 6.16. The van der Waals surface area contributed by atoms with E-state index in [2.05, 4.69) is 42.2 Å². The average Bonchev–Trinajstić information content (AvgIpc) is 2.96. The van der Waals surface area contributed by atoms with Crippen molar-refractivity contribution in [3.05, 3.63) is 76.1 Å². The Balaban J connectivity index is 1.70. The SMILES string of the molecule is Cc1ccc(Cc2nnc(SCc3cccc(C(=O)O)c3)n2N)cc1C. The smallest absolute Gasteiger partial charge is 0.335 e. The van der Waals surface area contributed by atoms with Gasteiger partial charge >= 0.3 is 5.97 Å². The number of aromatic carboxylic acids is 1. The summed E-state index contributed by atoms with van der Waals surface area (Å²) in [5.74, 6) is 6.46. The number of thioether (sulfide) groups is 1. The van der Waals surface area contributed by atoms with Gasteiger partial charge in [-0.3, -0.25) is 0 Å². The predicted molar refractivity (Wildman–Crippen MR) is 102 cm³/mol. The van der Waals surface area contributed by atoms with Gasteiger partial charge in [-0.15, -0.1) is 10.2 Å². The van der Waals surface area contributed by atoms with Gasteiger partial charge < -0.3 is 10.9 Å². The third-order valence-corrected chi connectivity index (χ3v) is 5.22. The molecule has 0 saturated carbocycles. The van der Waals surface area contributed by atoms with E-state index in [4.69, 9.17) is 10.9 Å². The second-order valence-corrected chi connectivity index (χ2v) is 7.10. The average molecular weight is 368 g/mol. The minimum Gasteiger partial charge on any atom is -0.478 e. The molecule has 0 aliphatic rings. The summed E-state index contributed by atoms with van der Waals surface area (Å²) < 4.78 is 1.50. The van der Waals surface area contributed by atoms with Gasteiger partial charge in [0.15, 0.2) is 5.82 Å². The van der Waals surface area contributed by atoms with Crippen molar-refractivity contribution in [2.45, 2.75) is 31.2 Å². The fourth-order valence-electron chi connectivity index (χ4n) is 2.56. The summed E-state index contributed by atoms with van der Waals surface area (Å²) in [6.07, 6.45) is 0.611. The number of nitrogens with two attached hydrogens (primary N) is 1. The van der Waals surface area contributed by atoms with Gasteiger partial charge in [-0.1, -0.05) is 42.1 Å². The topological polar surface area (TPSA) is 94.0 Å². The molecule has 3 rings (SSSR count). The van der Waals surface area contributed by atoms with E-state index >= 15 is 0 Å². The number of rotatable bonds is 6. The van der Waals surface area contributed by atoms with Crippen LogP contribution in [0.1, 0.15) is 38.4 Å². The van der Waals surface area contributed by atoms with Crippen molar-refractivity contribution in [1.82, 2.24) is 14.9 Å². The number of carboxylic acid groups (broad SMARTS) is 1. The first kappa shape index (κ1) is 18.0. The monoisotopic (exact) mass is 368 g/mol. The van der Waals surface area contributed by atoms with Crippen molar-refractivity contribution < 1.29 is 9.90 Å². The third-order valence-electron chi connectivity index (χ3n) is 4.21. The number of aromatic nitrogens is 3. The van der Waals surface area contributed by atoms with E-state index in [1.165, 1.54) is 27.6 Å². The number of hydrogen-bond acceptors (Lipinski definition) is 5. The van der Waals surface area contributed by atoms with Crippen molar-refractivity contribution in [3.63, 3.8) is 0 Å². The van der Waals surface area contributed by atoms with E-state index < -0.39 is 5.97 Å². The minimum atomic E-state index is -0.936. The fourth-order valence-corrected chi connectivity index (χ4v) is 3.38. The van der Waals surface area contributed by atoms with Crippen LogP contribution in [-0.2, 0) is 12.2 Å². The molecule has 0 bridgehead atoms. The Labute approximate surface area is 156 Å². The van der Waals surface area contributed by atoms with Gasteiger partial charge in [0.05, 0.1) is 5.56 Å². The maximum Gasteiger partial charge on any atom is 0.335 e. The molecule has 0 saturated heterocycles.